The number of para-hydroxylation sites is 1. The van der Waals surface area contributed by atoms with Crippen LogP contribution in [0.1, 0.15) is 28.6 Å². The zero-order valence-electron chi connectivity index (χ0n) is 22.6. The third kappa shape index (κ3) is 4.59. The highest BCUT2D eigenvalue weighted by molar-refractivity contribution is 6.16. The number of carbonyl (C=O) groups excluding carboxylic acids is 2. The maximum Gasteiger partial charge on any atom is 0.290 e. The number of hydrogen-bond donors (Lipinski definition) is 2. The molecule has 2 aromatic carbocycles. The number of carbonyl (C=O) groups is 2. The van der Waals surface area contributed by atoms with Crippen LogP contribution in [0, 0.1) is 0 Å². The second kappa shape index (κ2) is 11.0. The first kappa shape index (κ1) is 26.7. The first-order valence-electron chi connectivity index (χ1n) is 12.6. The monoisotopic (exact) mass is 548 g/mol. The fourth-order valence-corrected chi connectivity index (χ4v) is 5.05. The van der Waals surface area contributed by atoms with Gasteiger partial charge in [0.2, 0.25) is 17.9 Å². The SMILES string of the molecule is COc1cc(C2C(C(=O)c3cc4cccc(OC)c4o3)=C(O)C(=O)N2CCC[n+]2cc[nH]c2)cc(OC)c1OC. The molecule has 0 saturated heterocycles. The largest absolute Gasteiger partial charge is 0.503 e. The summed E-state index contributed by atoms with van der Waals surface area (Å²) in [5.41, 5.74) is 0.785. The number of fused-ring (bicyclic) bond motifs is 1. The van der Waals surface area contributed by atoms with Crippen LogP contribution in [-0.4, -0.2) is 61.7 Å². The van der Waals surface area contributed by atoms with Crippen LogP contribution in [0.3, 0.4) is 0 Å². The van der Waals surface area contributed by atoms with Gasteiger partial charge in [0, 0.05) is 18.4 Å². The van der Waals surface area contributed by atoms with Gasteiger partial charge in [-0.2, -0.15) is 0 Å². The van der Waals surface area contributed by atoms with Gasteiger partial charge in [0.25, 0.3) is 5.91 Å². The fourth-order valence-electron chi connectivity index (χ4n) is 5.05. The second-order valence-electron chi connectivity index (χ2n) is 9.14. The predicted molar refractivity (Wildman–Crippen MR) is 143 cm³/mol. The summed E-state index contributed by atoms with van der Waals surface area (Å²) < 4.78 is 29.7. The summed E-state index contributed by atoms with van der Waals surface area (Å²) >= 11 is 0. The van der Waals surface area contributed by atoms with E-state index in [2.05, 4.69) is 4.98 Å². The minimum atomic E-state index is -0.944. The minimum Gasteiger partial charge on any atom is -0.503 e. The molecule has 2 aromatic heterocycles. The molecule has 5 rings (SSSR count). The van der Waals surface area contributed by atoms with E-state index in [1.54, 1.807) is 42.6 Å². The lowest BCUT2D eigenvalue weighted by molar-refractivity contribution is -0.695. The molecule has 0 saturated carbocycles. The number of ketones is 1. The van der Waals surface area contributed by atoms with Crippen molar-refractivity contribution in [3.8, 4) is 23.0 Å². The van der Waals surface area contributed by atoms with Gasteiger partial charge < -0.3 is 33.4 Å². The van der Waals surface area contributed by atoms with E-state index in [1.807, 2.05) is 17.1 Å². The number of benzene rings is 2. The molecule has 11 heteroatoms. The van der Waals surface area contributed by atoms with Gasteiger partial charge in [-0.3, -0.25) is 14.6 Å². The molecule has 0 spiro atoms. The molecule has 1 aliphatic rings. The van der Waals surface area contributed by atoms with Gasteiger partial charge in [-0.15, -0.1) is 0 Å². The van der Waals surface area contributed by atoms with Crippen molar-refractivity contribution in [3.63, 3.8) is 0 Å². The number of ether oxygens (including phenoxy) is 4. The summed E-state index contributed by atoms with van der Waals surface area (Å²) in [5.74, 6) is -0.430. The number of imidazole rings is 1. The standard InChI is InChI=1S/C29H29N3O8/c1-36-19-8-5-7-17-13-20(40-27(17)19)25(33)23-24(18-14-21(37-2)28(39-4)22(15-18)38-3)32(29(35)26(23)34)11-6-10-31-12-9-30-16-31/h5,7-9,12-16,24H,6,10-11H2,1-4H3,(H,33,34)/p+1. The molecule has 1 amide bonds. The van der Waals surface area contributed by atoms with E-state index in [4.69, 9.17) is 23.4 Å². The lowest BCUT2D eigenvalue weighted by Gasteiger charge is -2.27. The van der Waals surface area contributed by atoms with Gasteiger partial charge in [-0.05, 0) is 29.8 Å². The summed E-state index contributed by atoms with van der Waals surface area (Å²) in [7, 11) is 5.95. The third-order valence-electron chi connectivity index (χ3n) is 6.92. The number of amides is 1. The number of nitrogens with one attached hydrogen (secondary N) is 1. The summed E-state index contributed by atoms with van der Waals surface area (Å²) in [6, 6.07) is 9.25. The first-order chi connectivity index (χ1) is 19.4. The number of H-pyrrole nitrogens is 1. The van der Waals surface area contributed by atoms with Crippen molar-refractivity contribution in [1.29, 1.82) is 0 Å². The van der Waals surface area contributed by atoms with Crippen LogP contribution in [0.2, 0.25) is 0 Å². The average Bonchev–Trinajstić information content (AvgIpc) is 3.71. The highest BCUT2D eigenvalue weighted by Crippen LogP contribution is 2.46. The number of aromatic amines is 1. The number of furan rings is 1. The fraction of sp³-hybridized carbons (Fsp3) is 0.276. The van der Waals surface area contributed by atoms with Crippen molar-refractivity contribution in [2.75, 3.05) is 35.0 Å². The smallest absolute Gasteiger partial charge is 0.290 e. The van der Waals surface area contributed by atoms with E-state index in [0.29, 0.717) is 52.5 Å². The van der Waals surface area contributed by atoms with Crippen LogP contribution < -0.4 is 23.5 Å². The molecule has 40 heavy (non-hydrogen) atoms. The van der Waals surface area contributed by atoms with Crippen molar-refractivity contribution in [2.45, 2.75) is 19.0 Å². The summed E-state index contributed by atoms with van der Waals surface area (Å²) in [6.45, 7) is 0.871. The molecular formula is C29H30N3O8+. The number of hydrogen-bond acceptors (Lipinski definition) is 8. The van der Waals surface area contributed by atoms with E-state index >= 15 is 0 Å². The second-order valence-corrected chi connectivity index (χ2v) is 9.14. The normalized spacial score (nSPS) is 15.2. The molecule has 0 fully saturated rings. The van der Waals surface area contributed by atoms with Gasteiger partial charge in [-0.1, -0.05) is 12.1 Å². The van der Waals surface area contributed by atoms with Gasteiger partial charge in [0.15, 0.2) is 34.4 Å². The number of aromatic nitrogens is 2. The highest BCUT2D eigenvalue weighted by Gasteiger charge is 2.45. The Morgan fingerprint density at radius 3 is 2.40 bits per heavy atom. The van der Waals surface area contributed by atoms with Crippen molar-refractivity contribution >= 4 is 22.7 Å². The quantitative estimate of drug-likeness (QED) is 0.214. The summed E-state index contributed by atoms with van der Waals surface area (Å²) in [4.78, 5) is 31.9. The highest BCUT2D eigenvalue weighted by atomic mass is 16.5. The van der Waals surface area contributed by atoms with Gasteiger partial charge in [0.05, 0.1) is 46.6 Å². The molecule has 3 heterocycles. The van der Waals surface area contributed by atoms with Gasteiger partial charge >= 0.3 is 0 Å². The molecule has 4 aromatic rings. The van der Waals surface area contributed by atoms with Crippen LogP contribution in [0.5, 0.6) is 23.0 Å². The van der Waals surface area contributed by atoms with Crippen molar-refractivity contribution in [3.05, 3.63) is 77.8 Å². The first-order valence-corrected chi connectivity index (χ1v) is 12.6. The minimum absolute atomic E-state index is 0.0315. The van der Waals surface area contributed by atoms with Crippen LogP contribution in [0.4, 0.5) is 0 Å². The zero-order valence-corrected chi connectivity index (χ0v) is 22.6. The molecule has 1 aliphatic heterocycles. The Kier molecular flexibility index (Phi) is 7.37. The number of nitrogens with zero attached hydrogens (tertiary/aromatic N) is 2. The Morgan fingerprint density at radius 1 is 1.05 bits per heavy atom. The third-order valence-corrected chi connectivity index (χ3v) is 6.92. The Bertz CT molecular complexity index is 1560. The molecule has 0 aliphatic carbocycles. The number of rotatable bonds is 11. The Labute approximate surface area is 230 Å². The molecule has 11 nitrogen and oxygen atoms in total. The molecule has 1 atom stereocenters. The van der Waals surface area contributed by atoms with Crippen molar-refractivity contribution < 1.29 is 42.6 Å². The average molecular weight is 549 g/mol. The van der Waals surface area contributed by atoms with Crippen LogP contribution >= 0.6 is 0 Å². The van der Waals surface area contributed by atoms with E-state index in [9.17, 15) is 14.7 Å². The number of methoxy groups -OCH3 is 4. The van der Waals surface area contributed by atoms with E-state index in [1.165, 1.54) is 33.3 Å². The molecule has 1 unspecified atom stereocenters. The number of Topliss-reactive ketones (excluding diaryl/α,β-unsaturated/α-hetero) is 1. The maximum absolute atomic E-state index is 14.0. The Balaban J connectivity index is 1.59. The number of aliphatic hydroxyl groups is 1. The lowest BCUT2D eigenvalue weighted by Crippen LogP contribution is -2.36. The molecule has 0 bridgehead atoms. The predicted octanol–water partition coefficient (Wildman–Crippen LogP) is 3.75. The summed E-state index contributed by atoms with van der Waals surface area (Å²) in [5, 5.41) is 11.8. The van der Waals surface area contributed by atoms with Crippen molar-refractivity contribution in [1.82, 2.24) is 9.88 Å². The molecule has 2 N–H and O–H groups in total. The van der Waals surface area contributed by atoms with Crippen LogP contribution in [0.25, 0.3) is 11.0 Å². The lowest BCUT2D eigenvalue weighted by atomic mass is 9.94. The number of aryl methyl sites for hydroxylation is 1. The topological polar surface area (TPSA) is 127 Å². The van der Waals surface area contributed by atoms with E-state index in [0.717, 1.165) is 0 Å². The Morgan fingerprint density at radius 2 is 1.77 bits per heavy atom. The molecular weight excluding hydrogens is 518 g/mol. The van der Waals surface area contributed by atoms with E-state index in [-0.39, 0.29) is 17.9 Å². The molecule has 208 valence electrons. The molecule has 0 radical (unpaired) electrons. The number of aliphatic hydroxyl groups excluding tert-OH is 1. The van der Waals surface area contributed by atoms with Crippen LogP contribution in [0.15, 0.2) is 70.9 Å². The maximum atomic E-state index is 14.0. The summed E-state index contributed by atoms with van der Waals surface area (Å²) in [6.07, 6.45) is 6.05. The zero-order chi connectivity index (χ0) is 28.4. The van der Waals surface area contributed by atoms with Crippen LogP contribution in [-0.2, 0) is 11.3 Å². The van der Waals surface area contributed by atoms with Gasteiger partial charge in [-0.25, -0.2) is 4.57 Å². The Hall–Kier alpha value is -4.93. The van der Waals surface area contributed by atoms with E-state index < -0.39 is 23.5 Å². The van der Waals surface area contributed by atoms with Gasteiger partial charge in [0.1, 0.15) is 12.4 Å². The van der Waals surface area contributed by atoms with Crippen molar-refractivity contribution in [2.24, 2.45) is 0 Å².